The van der Waals surface area contributed by atoms with Gasteiger partial charge in [0.2, 0.25) is 17.7 Å². The molecule has 3 heterocycles. The Morgan fingerprint density at radius 2 is 2.05 bits per heavy atom. The molecule has 3 aromatic heterocycles. The summed E-state index contributed by atoms with van der Waals surface area (Å²) in [6.07, 6.45) is 9.82. The molecule has 0 fully saturated rings. The van der Waals surface area contributed by atoms with E-state index in [2.05, 4.69) is 37.2 Å². The van der Waals surface area contributed by atoms with Crippen molar-refractivity contribution in [1.82, 2.24) is 34.1 Å². The molecule has 0 aromatic carbocycles. The molecule has 0 radical (unpaired) electrons. The number of hydrogen-bond donors (Lipinski definition) is 1. The maximum absolute atomic E-state index is 4.49. The van der Waals surface area contributed by atoms with Gasteiger partial charge in [-0.05, 0) is 6.42 Å². The second-order valence-electron chi connectivity index (χ2n) is 4.45. The first-order valence-electron chi connectivity index (χ1n) is 6.75. The van der Waals surface area contributed by atoms with E-state index in [4.69, 9.17) is 0 Å². The molecule has 8 heteroatoms. The van der Waals surface area contributed by atoms with Gasteiger partial charge in [-0.15, -0.1) is 0 Å². The van der Waals surface area contributed by atoms with Crippen LogP contribution in [0.25, 0.3) is 17.6 Å². The standard InChI is InChI=1S/C13H16N8/c1-3-6-20-8-5-16-11(20)10-17-12(14-2)19-13(18-10)21-7-4-15-9-21/h4-5,7-9H,3,6H2,1-2H3,(H,14,17,18,19). The molecule has 21 heavy (non-hydrogen) atoms. The van der Waals surface area contributed by atoms with E-state index < -0.39 is 0 Å². The Morgan fingerprint density at radius 3 is 2.76 bits per heavy atom. The predicted octanol–water partition coefficient (Wildman–Crippen LogP) is 1.37. The number of anilines is 1. The van der Waals surface area contributed by atoms with Crippen LogP contribution in [-0.4, -0.2) is 41.1 Å². The molecule has 0 aliphatic carbocycles. The Balaban J connectivity index is 2.09. The Morgan fingerprint density at radius 1 is 1.14 bits per heavy atom. The van der Waals surface area contributed by atoms with Gasteiger partial charge in [0, 0.05) is 38.4 Å². The molecule has 0 atom stereocenters. The van der Waals surface area contributed by atoms with Crippen molar-refractivity contribution in [1.29, 1.82) is 0 Å². The Labute approximate surface area is 121 Å². The summed E-state index contributed by atoms with van der Waals surface area (Å²) in [5.41, 5.74) is 0. The van der Waals surface area contributed by atoms with E-state index in [-0.39, 0.29) is 0 Å². The molecule has 0 spiro atoms. The van der Waals surface area contributed by atoms with E-state index >= 15 is 0 Å². The van der Waals surface area contributed by atoms with Crippen molar-refractivity contribution in [3.05, 3.63) is 31.1 Å². The molecule has 0 amide bonds. The third-order valence-corrected chi connectivity index (χ3v) is 2.96. The van der Waals surface area contributed by atoms with E-state index in [9.17, 15) is 0 Å². The molecular weight excluding hydrogens is 268 g/mol. The number of imidazole rings is 2. The number of aromatic nitrogens is 7. The van der Waals surface area contributed by atoms with Gasteiger partial charge in [0.05, 0.1) is 0 Å². The molecule has 0 aliphatic heterocycles. The zero-order valence-corrected chi connectivity index (χ0v) is 11.9. The first-order chi connectivity index (χ1) is 10.3. The fourth-order valence-electron chi connectivity index (χ4n) is 2.01. The molecule has 8 nitrogen and oxygen atoms in total. The summed E-state index contributed by atoms with van der Waals surface area (Å²) >= 11 is 0. The monoisotopic (exact) mass is 284 g/mol. The molecular formula is C13H16N8. The number of aryl methyl sites for hydroxylation is 1. The van der Waals surface area contributed by atoms with E-state index in [0.717, 1.165) is 18.8 Å². The number of rotatable bonds is 5. The third kappa shape index (κ3) is 2.60. The summed E-state index contributed by atoms with van der Waals surface area (Å²) in [5.74, 6) is 2.27. The lowest BCUT2D eigenvalue weighted by Crippen LogP contribution is -2.09. The summed E-state index contributed by atoms with van der Waals surface area (Å²) in [4.78, 5) is 21.6. The van der Waals surface area contributed by atoms with Crippen molar-refractivity contribution in [2.45, 2.75) is 19.9 Å². The van der Waals surface area contributed by atoms with Gasteiger partial charge in [-0.3, -0.25) is 4.57 Å². The zero-order chi connectivity index (χ0) is 14.7. The van der Waals surface area contributed by atoms with Crippen molar-refractivity contribution in [3.8, 4) is 17.6 Å². The van der Waals surface area contributed by atoms with Gasteiger partial charge in [-0.1, -0.05) is 6.92 Å². The highest BCUT2D eigenvalue weighted by Gasteiger charge is 2.13. The van der Waals surface area contributed by atoms with Gasteiger partial charge in [-0.2, -0.15) is 15.0 Å². The van der Waals surface area contributed by atoms with Gasteiger partial charge in [0.15, 0.2) is 5.82 Å². The Bertz CT molecular complexity index is 716. The molecule has 108 valence electrons. The van der Waals surface area contributed by atoms with Crippen molar-refractivity contribution in [2.24, 2.45) is 0 Å². The molecule has 0 unspecified atom stereocenters. The smallest absolute Gasteiger partial charge is 0.240 e. The summed E-state index contributed by atoms with van der Waals surface area (Å²) in [7, 11) is 1.77. The second kappa shape index (κ2) is 5.70. The van der Waals surface area contributed by atoms with Crippen molar-refractivity contribution >= 4 is 5.95 Å². The fourth-order valence-corrected chi connectivity index (χ4v) is 2.01. The number of nitrogens with zero attached hydrogens (tertiary/aromatic N) is 7. The maximum Gasteiger partial charge on any atom is 0.240 e. The van der Waals surface area contributed by atoms with Gasteiger partial charge >= 0.3 is 0 Å². The number of hydrogen-bond acceptors (Lipinski definition) is 6. The topological polar surface area (TPSA) is 86.3 Å². The fraction of sp³-hybridized carbons (Fsp3) is 0.308. The molecule has 1 N–H and O–H groups in total. The summed E-state index contributed by atoms with van der Waals surface area (Å²) < 4.78 is 3.77. The van der Waals surface area contributed by atoms with Crippen LogP contribution in [0.1, 0.15) is 13.3 Å². The average Bonchev–Trinajstić information content (AvgIpc) is 3.18. The summed E-state index contributed by atoms with van der Waals surface area (Å²) in [5, 5.41) is 2.95. The molecule has 3 rings (SSSR count). The minimum Gasteiger partial charge on any atom is -0.357 e. The highest BCUT2D eigenvalue weighted by atomic mass is 15.3. The van der Waals surface area contributed by atoms with Crippen LogP contribution >= 0.6 is 0 Å². The molecule has 0 saturated carbocycles. The summed E-state index contributed by atoms with van der Waals surface area (Å²) in [6, 6.07) is 0. The highest BCUT2D eigenvalue weighted by Crippen LogP contribution is 2.16. The zero-order valence-electron chi connectivity index (χ0n) is 11.9. The first-order valence-corrected chi connectivity index (χ1v) is 6.75. The van der Waals surface area contributed by atoms with E-state index in [1.165, 1.54) is 0 Å². The lowest BCUT2D eigenvalue weighted by atomic mass is 10.4. The van der Waals surface area contributed by atoms with Gasteiger partial charge in [0.25, 0.3) is 0 Å². The molecule has 0 bridgehead atoms. The third-order valence-electron chi connectivity index (χ3n) is 2.96. The lowest BCUT2D eigenvalue weighted by Gasteiger charge is -2.08. The minimum absolute atomic E-state index is 0.495. The second-order valence-corrected chi connectivity index (χ2v) is 4.45. The quantitative estimate of drug-likeness (QED) is 0.761. The van der Waals surface area contributed by atoms with E-state index in [0.29, 0.717) is 17.7 Å². The Kier molecular flexibility index (Phi) is 3.59. The van der Waals surface area contributed by atoms with Gasteiger partial charge < -0.3 is 9.88 Å². The Hall–Kier alpha value is -2.77. The van der Waals surface area contributed by atoms with Gasteiger partial charge in [0.1, 0.15) is 6.33 Å². The van der Waals surface area contributed by atoms with Crippen LogP contribution in [0.3, 0.4) is 0 Å². The van der Waals surface area contributed by atoms with Crippen LogP contribution in [-0.2, 0) is 6.54 Å². The van der Waals surface area contributed by atoms with Crippen LogP contribution in [0.15, 0.2) is 31.1 Å². The van der Waals surface area contributed by atoms with E-state index in [1.807, 2.05) is 10.8 Å². The van der Waals surface area contributed by atoms with E-state index in [1.54, 1.807) is 36.5 Å². The largest absolute Gasteiger partial charge is 0.357 e. The van der Waals surface area contributed by atoms with Crippen molar-refractivity contribution < 1.29 is 0 Å². The van der Waals surface area contributed by atoms with Crippen LogP contribution in [0.5, 0.6) is 0 Å². The molecule has 0 saturated heterocycles. The predicted molar refractivity (Wildman–Crippen MR) is 78.0 cm³/mol. The van der Waals surface area contributed by atoms with Crippen molar-refractivity contribution in [2.75, 3.05) is 12.4 Å². The normalized spacial score (nSPS) is 10.8. The highest BCUT2D eigenvalue weighted by molar-refractivity contribution is 5.48. The molecule has 3 aromatic rings. The van der Waals surface area contributed by atoms with Crippen LogP contribution in [0.2, 0.25) is 0 Å². The lowest BCUT2D eigenvalue weighted by molar-refractivity contribution is 0.681. The van der Waals surface area contributed by atoms with Crippen LogP contribution in [0.4, 0.5) is 5.95 Å². The summed E-state index contributed by atoms with van der Waals surface area (Å²) in [6.45, 7) is 2.99. The van der Waals surface area contributed by atoms with Crippen molar-refractivity contribution in [3.63, 3.8) is 0 Å². The number of nitrogens with one attached hydrogen (secondary N) is 1. The van der Waals surface area contributed by atoms with Gasteiger partial charge in [-0.25, -0.2) is 9.97 Å². The van der Waals surface area contributed by atoms with Crippen LogP contribution in [0, 0.1) is 0 Å². The maximum atomic E-state index is 4.49. The van der Waals surface area contributed by atoms with Crippen LogP contribution < -0.4 is 5.32 Å². The average molecular weight is 284 g/mol. The molecule has 0 aliphatic rings. The SMILES string of the molecule is CCCn1ccnc1-c1nc(NC)nc(-n2ccnc2)n1. The minimum atomic E-state index is 0.495. The first kappa shape index (κ1) is 13.2.